The average molecular weight is 569 g/mol. The van der Waals surface area contributed by atoms with Gasteiger partial charge in [-0.25, -0.2) is 4.79 Å². The first-order chi connectivity index (χ1) is 20.2. The van der Waals surface area contributed by atoms with Crippen molar-refractivity contribution in [2.45, 2.75) is 58.7 Å². The van der Waals surface area contributed by atoms with E-state index >= 15 is 0 Å². The molecule has 0 radical (unpaired) electrons. The first-order valence-electron chi connectivity index (χ1n) is 14.5. The second-order valence-corrected chi connectivity index (χ2v) is 11.1. The molecular weight excluding hydrogens is 528 g/mol. The van der Waals surface area contributed by atoms with Crippen molar-refractivity contribution in [1.29, 1.82) is 5.26 Å². The van der Waals surface area contributed by atoms with E-state index in [4.69, 9.17) is 9.84 Å². The molecule has 3 aromatic rings. The Morgan fingerprint density at radius 3 is 2.38 bits per heavy atom. The number of aryl methyl sites for hydroxylation is 2. The van der Waals surface area contributed by atoms with Gasteiger partial charge in [0.25, 0.3) is 5.91 Å². The molecule has 0 aromatic heterocycles. The summed E-state index contributed by atoms with van der Waals surface area (Å²) in [5.41, 5.74) is 5.49. The van der Waals surface area contributed by atoms with Crippen LogP contribution in [0.5, 0.6) is 5.75 Å². The lowest BCUT2D eigenvalue weighted by atomic mass is 10.00. The molecule has 2 N–H and O–H groups in total. The van der Waals surface area contributed by atoms with Crippen LogP contribution in [-0.2, 0) is 11.3 Å². The number of carbonyl (C=O) groups excluding carboxylic acids is 1. The molecule has 1 aliphatic rings. The zero-order valence-corrected chi connectivity index (χ0v) is 24.7. The zero-order chi connectivity index (χ0) is 30.1. The number of aliphatic carboxylic acids is 1. The molecule has 0 spiro atoms. The third-order valence-corrected chi connectivity index (χ3v) is 7.90. The van der Waals surface area contributed by atoms with Gasteiger partial charge in [0.2, 0.25) is 0 Å². The summed E-state index contributed by atoms with van der Waals surface area (Å²) < 4.78 is 5.33. The van der Waals surface area contributed by atoms with Gasteiger partial charge in [-0.15, -0.1) is 0 Å². The molecule has 220 valence electrons. The molecule has 8 heteroatoms. The number of carbonyl (C=O) groups is 2. The molecule has 1 fully saturated rings. The van der Waals surface area contributed by atoms with E-state index in [1.54, 1.807) is 12.1 Å². The number of hydrogen-bond acceptors (Lipinski definition) is 6. The molecule has 0 saturated carbocycles. The summed E-state index contributed by atoms with van der Waals surface area (Å²) in [6.45, 7) is 9.13. The molecule has 1 aliphatic heterocycles. The minimum Gasteiger partial charge on any atom is -0.482 e. The molecular formula is C34H40N4O4. The van der Waals surface area contributed by atoms with Gasteiger partial charge in [-0.1, -0.05) is 30.3 Å². The van der Waals surface area contributed by atoms with E-state index in [0.717, 1.165) is 66.8 Å². The van der Waals surface area contributed by atoms with Crippen LogP contribution < -0.4 is 15.0 Å². The summed E-state index contributed by atoms with van der Waals surface area (Å²) in [6, 6.07) is 23.8. The Morgan fingerprint density at radius 2 is 1.74 bits per heavy atom. The summed E-state index contributed by atoms with van der Waals surface area (Å²) in [6.07, 6.45) is 2.85. The predicted octanol–water partition coefficient (Wildman–Crippen LogP) is 5.32. The van der Waals surface area contributed by atoms with Crippen LogP contribution in [0.1, 0.15) is 58.8 Å². The van der Waals surface area contributed by atoms with E-state index in [2.05, 4.69) is 28.1 Å². The third kappa shape index (κ3) is 8.34. The van der Waals surface area contributed by atoms with Crippen LogP contribution in [0.3, 0.4) is 0 Å². The van der Waals surface area contributed by atoms with Crippen LogP contribution in [0.25, 0.3) is 0 Å². The molecule has 0 aliphatic carbocycles. The van der Waals surface area contributed by atoms with Crippen LogP contribution in [-0.4, -0.2) is 60.2 Å². The number of likely N-dealkylation sites (tertiary alicyclic amines) is 1. The van der Waals surface area contributed by atoms with E-state index in [9.17, 15) is 14.9 Å². The first kappa shape index (κ1) is 30.6. The Hall–Kier alpha value is -4.35. The van der Waals surface area contributed by atoms with Gasteiger partial charge in [0.1, 0.15) is 5.75 Å². The number of rotatable bonds is 12. The summed E-state index contributed by atoms with van der Waals surface area (Å²) in [5.74, 6) is -0.503. The van der Waals surface area contributed by atoms with Crippen molar-refractivity contribution in [2.24, 2.45) is 0 Å². The monoisotopic (exact) mass is 568 g/mol. The zero-order valence-electron chi connectivity index (χ0n) is 24.7. The number of carboxylic acid groups (broad SMARTS) is 1. The topological polar surface area (TPSA) is 106 Å². The third-order valence-electron chi connectivity index (χ3n) is 7.90. The highest BCUT2D eigenvalue weighted by atomic mass is 16.5. The largest absolute Gasteiger partial charge is 0.482 e. The maximum atomic E-state index is 12.9. The Morgan fingerprint density at radius 1 is 1.07 bits per heavy atom. The van der Waals surface area contributed by atoms with Crippen LogP contribution in [0, 0.1) is 25.2 Å². The lowest BCUT2D eigenvalue weighted by Gasteiger charge is -2.40. The molecule has 3 aromatic carbocycles. The van der Waals surface area contributed by atoms with E-state index in [1.807, 2.05) is 68.4 Å². The molecule has 8 nitrogen and oxygen atoms in total. The van der Waals surface area contributed by atoms with Gasteiger partial charge in [-0.2, -0.15) is 5.26 Å². The Bertz CT molecular complexity index is 1390. The number of hydrogen-bond donors (Lipinski definition) is 2. The minimum atomic E-state index is -1.01. The molecule has 1 amide bonds. The highest BCUT2D eigenvalue weighted by Crippen LogP contribution is 2.28. The second kappa shape index (κ2) is 14.5. The van der Waals surface area contributed by atoms with E-state index in [-0.39, 0.29) is 18.6 Å². The van der Waals surface area contributed by atoms with Gasteiger partial charge in [0, 0.05) is 49.5 Å². The molecule has 42 heavy (non-hydrogen) atoms. The highest BCUT2D eigenvalue weighted by Gasteiger charge is 2.26. The molecule has 1 unspecified atom stereocenters. The first-order valence-corrected chi connectivity index (χ1v) is 14.5. The van der Waals surface area contributed by atoms with E-state index < -0.39 is 5.97 Å². The lowest BCUT2D eigenvalue weighted by molar-refractivity contribution is -0.139. The number of nitrogens with one attached hydrogen (secondary N) is 1. The predicted molar refractivity (Wildman–Crippen MR) is 164 cm³/mol. The van der Waals surface area contributed by atoms with Gasteiger partial charge in [-0.3, -0.25) is 4.79 Å². The maximum Gasteiger partial charge on any atom is 0.341 e. The molecule has 0 bridgehead atoms. The van der Waals surface area contributed by atoms with E-state index in [0.29, 0.717) is 23.9 Å². The number of nitrogens with zero attached hydrogens (tertiary/aromatic N) is 3. The van der Waals surface area contributed by atoms with E-state index in [1.165, 1.54) is 0 Å². The van der Waals surface area contributed by atoms with Crippen LogP contribution in [0.15, 0.2) is 66.7 Å². The Balaban J connectivity index is 1.36. The SMILES string of the molecule is Cc1cccc(C)c1C(=O)NC(C)CCN1CCC(N(Cc2cccc(C#N)c2)c2ccc(OCC(=O)O)cc2)CC1. The van der Waals surface area contributed by atoms with Crippen molar-refractivity contribution in [3.63, 3.8) is 0 Å². The number of piperidine rings is 1. The molecule has 1 atom stereocenters. The number of ether oxygens (including phenoxy) is 1. The van der Waals surface area contributed by atoms with Crippen molar-refractivity contribution in [3.8, 4) is 11.8 Å². The minimum absolute atomic E-state index is 0.00713. The summed E-state index contributed by atoms with van der Waals surface area (Å²) in [7, 11) is 0. The number of benzene rings is 3. The molecule has 1 heterocycles. The molecule has 1 saturated heterocycles. The quantitative estimate of drug-likeness (QED) is 0.305. The van der Waals surface area contributed by atoms with Crippen molar-refractivity contribution in [3.05, 3.63) is 94.5 Å². The van der Waals surface area contributed by atoms with Gasteiger partial charge in [-0.05, 0) is 93.1 Å². The highest BCUT2D eigenvalue weighted by molar-refractivity contribution is 5.97. The normalized spacial score (nSPS) is 14.5. The van der Waals surface area contributed by atoms with Crippen molar-refractivity contribution < 1.29 is 19.4 Å². The van der Waals surface area contributed by atoms with Crippen molar-refractivity contribution in [1.82, 2.24) is 10.2 Å². The van der Waals surface area contributed by atoms with Gasteiger partial charge >= 0.3 is 5.97 Å². The summed E-state index contributed by atoms with van der Waals surface area (Å²) in [5, 5.41) is 21.5. The van der Waals surface area contributed by atoms with Gasteiger partial charge in [0.15, 0.2) is 6.61 Å². The van der Waals surface area contributed by atoms with Crippen LogP contribution in [0.2, 0.25) is 0 Å². The Kier molecular flexibility index (Phi) is 10.6. The second-order valence-electron chi connectivity index (χ2n) is 11.1. The van der Waals surface area contributed by atoms with Crippen molar-refractivity contribution in [2.75, 3.05) is 31.1 Å². The summed E-state index contributed by atoms with van der Waals surface area (Å²) in [4.78, 5) is 28.6. The lowest BCUT2D eigenvalue weighted by Crippen LogP contribution is -2.46. The Labute approximate surface area is 248 Å². The fourth-order valence-corrected chi connectivity index (χ4v) is 5.62. The van der Waals surface area contributed by atoms with Gasteiger partial charge < -0.3 is 25.0 Å². The average Bonchev–Trinajstić information content (AvgIpc) is 2.98. The number of amides is 1. The van der Waals surface area contributed by atoms with Crippen LogP contribution >= 0.6 is 0 Å². The standard InChI is InChI=1S/C34H40N4O4/c1-24-6-4-7-25(2)33(24)34(41)36-26(3)14-17-37-18-15-30(16-19-37)38(22-28-9-5-8-27(20-28)21-35)29-10-12-31(13-11-29)42-23-32(39)40/h4-13,20,26,30H,14-19,22-23H2,1-3H3,(H,36,41)(H,39,40). The molecule has 4 rings (SSSR count). The fraction of sp³-hybridized carbons (Fsp3) is 0.382. The fourth-order valence-electron chi connectivity index (χ4n) is 5.62. The van der Waals surface area contributed by atoms with Crippen LogP contribution in [0.4, 0.5) is 5.69 Å². The maximum absolute atomic E-state index is 12.9. The smallest absolute Gasteiger partial charge is 0.341 e. The van der Waals surface area contributed by atoms with Gasteiger partial charge in [0.05, 0.1) is 11.6 Å². The number of carboxylic acids is 1. The van der Waals surface area contributed by atoms with Crippen molar-refractivity contribution >= 4 is 17.6 Å². The number of anilines is 1. The summed E-state index contributed by atoms with van der Waals surface area (Å²) >= 11 is 0. The number of nitriles is 1.